The number of aryl methyl sites for hydroxylation is 1. The average Bonchev–Trinajstić information content (AvgIpc) is 3.57. The molecular formula is C25H21FN6O4. The van der Waals surface area contributed by atoms with Crippen LogP contribution < -0.4 is 10.6 Å². The van der Waals surface area contributed by atoms with Crippen LogP contribution in [0.2, 0.25) is 0 Å². The van der Waals surface area contributed by atoms with Gasteiger partial charge in [0.1, 0.15) is 11.9 Å². The number of nitrogens with zero attached hydrogens (tertiary/aromatic N) is 4. The van der Waals surface area contributed by atoms with Crippen molar-refractivity contribution in [1.29, 1.82) is 0 Å². The van der Waals surface area contributed by atoms with Gasteiger partial charge in [0.2, 0.25) is 11.8 Å². The molecule has 3 aliphatic rings. The third-order valence-electron chi connectivity index (χ3n) is 6.99. The van der Waals surface area contributed by atoms with Crippen molar-refractivity contribution in [3.63, 3.8) is 0 Å². The van der Waals surface area contributed by atoms with Crippen molar-refractivity contribution in [1.82, 2.24) is 30.5 Å². The molecule has 0 spiro atoms. The molecular weight excluding hydrogens is 467 g/mol. The maximum atomic E-state index is 13.7. The van der Waals surface area contributed by atoms with Crippen LogP contribution >= 0.6 is 0 Å². The number of carbonyl (C=O) groups is 4. The van der Waals surface area contributed by atoms with Crippen LogP contribution in [0.4, 0.5) is 4.39 Å². The maximum Gasteiger partial charge on any atom is 0.273 e. The lowest BCUT2D eigenvalue weighted by Gasteiger charge is -2.29. The van der Waals surface area contributed by atoms with E-state index in [0.717, 1.165) is 17.5 Å². The summed E-state index contributed by atoms with van der Waals surface area (Å²) < 4.78 is 15.1. The van der Waals surface area contributed by atoms with Crippen LogP contribution in [0, 0.1) is 5.82 Å². The highest BCUT2D eigenvalue weighted by Gasteiger charge is 2.39. The Hall–Kier alpha value is -4.41. The van der Waals surface area contributed by atoms with Crippen LogP contribution in [0.3, 0.4) is 0 Å². The van der Waals surface area contributed by atoms with Gasteiger partial charge in [0.25, 0.3) is 11.8 Å². The Kier molecular flexibility index (Phi) is 5.13. The smallest absolute Gasteiger partial charge is 0.273 e. The first-order valence-electron chi connectivity index (χ1n) is 11.7. The minimum atomic E-state index is -0.693. The second-order valence-corrected chi connectivity index (χ2v) is 9.20. The highest BCUT2D eigenvalue weighted by atomic mass is 19.1. The molecule has 1 aromatic heterocycles. The summed E-state index contributed by atoms with van der Waals surface area (Å²) in [5.74, 6) is -1.82. The molecule has 4 amide bonds. The van der Waals surface area contributed by atoms with Crippen LogP contribution in [-0.4, -0.2) is 49.6 Å². The fourth-order valence-electron chi connectivity index (χ4n) is 5.15. The normalized spacial score (nSPS) is 20.8. The molecule has 2 unspecified atom stereocenters. The molecule has 36 heavy (non-hydrogen) atoms. The van der Waals surface area contributed by atoms with E-state index < -0.39 is 17.9 Å². The number of imide groups is 1. The Balaban J connectivity index is 1.18. The average molecular weight is 488 g/mol. The quantitative estimate of drug-likeness (QED) is 0.537. The van der Waals surface area contributed by atoms with Crippen molar-refractivity contribution in [2.45, 2.75) is 44.3 Å². The van der Waals surface area contributed by atoms with Crippen LogP contribution in [-0.2, 0) is 22.6 Å². The van der Waals surface area contributed by atoms with E-state index in [1.54, 1.807) is 24.3 Å². The predicted molar refractivity (Wildman–Crippen MR) is 122 cm³/mol. The number of aromatic nitrogens is 3. The van der Waals surface area contributed by atoms with E-state index in [9.17, 15) is 23.6 Å². The lowest BCUT2D eigenvalue weighted by atomic mass is 10.0. The largest absolute Gasteiger partial charge is 0.344 e. The zero-order valence-corrected chi connectivity index (χ0v) is 19.0. The fraction of sp³-hybridized carbons (Fsp3) is 0.280. The van der Waals surface area contributed by atoms with Crippen molar-refractivity contribution in [3.8, 4) is 5.69 Å². The number of amides is 4. The third-order valence-corrected chi connectivity index (χ3v) is 6.99. The summed E-state index contributed by atoms with van der Waals surface area (Å²) in [5.41, 5.74) is 3.71. The molecule has 3 heterocycles. The van der Waals surface area contributed by atoms with E-state index in [4.69, 9.17) is 0 Å². The maximum absolute atomic E-state index is 13.7. The first-order chi connectivity index (χ1) is 17.4. The van der Waals surface area contributed by atoms with Crippen molar-refractivity contribution < 1.29 is 23.6 Å². The topological polar surface area (TPSA) is 126 Å². The Morgan fingerprint density at radius 2 is 1.92 bits per heavy atom. The molecule has 182 valence electrons. The number of fused-ring (bicyclic) bond motifs is 2. The van der Waals surface area contributed by atoms with Gasteiger partial charge in [-0.25, -0.2) is 9.07 Å². The minimum absolute atomic E-state index is 0.113. The third kappa shape index (κ3) is 3.72. The van der Waals surface area contributed by atoms with Gasteiger partial charge in [0, 0.05) is 18.5 Å². The number of piperidine rings is 1. The standard InChI is InChI=1S/C25H21FN6O4/c26-15-3-1-13-2-6-19(18(13)10-15)27-23(34)20-12-32(30-29-20)16-4-5-17-14(9-16)11-31(25(17)36)21-7-8-22(33)28-24(21)35/h1,3-5,9-10,12,19,21H,2,6-8,11H2,(H,27,34)(H,28,33,35). The van der Waals surface area contributed by atoms with E-state index >= 15 is 0 Å². The molecule has 1 fully saturated rings. The summed E-state index contributed by atoms with van der Waals surface area (Å²) in [6.07, 6.45) is 3.41. The zero-order chi connectivity index (χ0) is 25.0. The van der Waals surface area contributed by atoms with E-state index in [1.165, 1.54) is 27.9 Å². The van der Waals surface area contributed by atoms with Crippen molar-refractivity contribution in [2.75, 3.05) is 0 Å². The molecule has 2 aromatic carbocycles. The molecule has 6 rings (SSSR count). The van der Waals surface area contributed by atoms with Crippen LogP contribution in [0.5, 0.6) is 0 Å². The second-order valence-electron chi connectivity index (χ2n) is 9.20. The summed E-state index contributed by atoms with van der Waals surface area (Å²) in [4.78, 5) is 50.9. The molecule has 1 saturated heterocycles. The summed E-state index contributed by atoms with van der Waals surface area (Å²) >= 11 is 0. The molecule has 1 aliphatic carbocycles. The minimum Gasteiger partial charge on any atom is -0.344 e. The van der Waals surface area contributed by atoms with Gasteiger partial charge in [-0.2, -0.15) is 0 Å². The van der Waals surface area contributed by atoms with Crippen LogP contribution in [0.1, 0.15) is 62.8 Å². The van der Waals surface area contributed by atoms with Gasteiger partial charge >= 0.3 is 0 Å². The van der Waals surface area contributed by atoms with Gasteiger partial charge in [-0.15, -0.1) is 5.10 Å². The van der Waals surface area contributed by atoms with Gasteiger partial charge in [-0.1, -0.05) is 11.3 Å². The van der Waals surface area contributed by atoms with Gasteiger partial charge in [0.05, 0.1) is 17.9 Å². The van der Waals surface area contributed by atoms with Crippen molar-refractivity contribution in [3.05, 3.63) is 76.4 Å². The molecule has 2 N–H and O–H groups in total. The molecule has 0 radical (unpaired) electrons. The Bertz CT molecular complexity index is 1450. The highest BCUT2D eigenvalue weighted by molar-refractivity contribution is 6.05. The van der Waals surface area contributed by atoms with E-state index in [1.807, 2.05) is 0 Å². The second kappa shape index (κ2) is 8.36. The number of halogens is 1. The zero-order valence-electron chi connectivity index (χ0n) is 19.0. The van der Waals surface area contributed by atoms with E-state index in [0.29, 0.717) is 23.2 Å². The summed E-state index contributed by atoms with van der Waals surface area (Å²) in [6.45, 7) is 0.230. The first-order valence-corrected chi connectivity index (χ1v) is 11.7. The lowest BCUT2D eigenvalue weighted by molar-refractivity contribution is -0.136. The number of rotatable bonds is 4. The summed E-state index contributed by atoms with van der Waals surface area (Å²) in [5, 5.41) is 13.2. The molecule has 10 nitrogen and oxygen atoms in total. The summed E-state index contributed by atoms with van der Waals surface area (Å²) in [6, 6.07) is 8.75. The Labute approximate surface area is 204 Å². The monoisotopic (exact) mass is 488 g/mol. The molecule has 11 heteroatoms. The fourth-order valence-corrected chi connectivity index (χ4v) is 5.15. The summed E-state index contributed by atoms with van der Waals surface area (Å²) in [7, 11) is 0. The van der Waals surface area contributed by atoms with E-state index in [2.05, 4.69) is 20.9 Å². The van der Waals surface area contributed by atoms with Gasteiger partial charge in [-0.05, 0) is 66.3 Å². The van der Waals surface area contributed by atoms with Gasteiger partial charge in [0.15, 0.2) is 5.69 Å². The van der Waals surface area contributed by atoms with Gasteiger partial charge in [-0.3, -0.25) is 24.5 Å². The molecule has 3 aromatic rings. The molecule has 0 bridgehead atoms. The SMILES string of the molecule is O=C1CCC(N2Cc3cc(-n4cc(C(=O)NC5CCc6ccc(F)cc65)nn4)ccc3C2=O)C(=O)N1. The Morgan fingerprint density at radius 3 is 2.75 bits per heavy atom. The number of benzene rings is 2. The lowest BCUT2D eigenvalue weighted by Crippen LogP contribution is -2.52. The molecule has 0 saturated carbocycles. The molecule has 2 aliphatic heterocycles. The number of hydrogen-bond acceptors (Lipinski definition) is 6. The van der Waals surface area contributed by atoms with Crippen LogP contribution in [0.25, 0.3) is 5.69 Å². The first kappa shape index (κ1) is 22.1. The van der Waals surface area contributed by atoms with Gasteiger partial charge < -0.3 is 10.2 Å². The predicted octanol–water partition coefficient (Wildman–Crippen LogP) is 1.58. The van der Waals surface area contributed by atoms with E-state index in [-0.39, 0.29) is 48.8 Å². The highest BCUT2D eigenvalue weighted by Crippen LogP contribution is 2.32. The Morgan fingerprint density at radius 1 is 1.06 bits per heavy atom. The molecule has 2 atom stereocenters. The number of hydrogen-bond donors (Lipinski definition) is 2. The van der Waals surface area contributed by atoms with Crippen molar-refractivity contribution in [2.24, 2.45) is 0 Å². The number of nitrogens with one attached hydrogen (secondary N) is 2. The van der Waals surface area contributed by atoms with Crippen LogP contribution in [0.15, 0.2) is 42.6 Å². The van der Waals surface area contributed by atoms with Crippen molar-refractivity contribution >= 4 is 23.6 Å². The number of carbonyl (C=O) groups excluding carboxylic acids is 4.